The molecule has 0 heterocycles. The van der Waals surface area contributed by atoms with E-state index in [0.29, 0.717) is 5.75 Å². The van der Waals surface area contributed by atoms with Crippen molar-refractivity contribution in [3.05, 3.63) is 52.6 Å². The lowest BCUT2D eigenvalue weighted by molar-refractivity contribution is -0.136. The molecule has 2 aromatic carbocycles. The summed E-state index contributed by atoms with van der Waals surface area (Å²) in [7, 11) is 0. The third-order valence-corrected chi connectivity index (χ3v) is 3.64. The summed E-state index contributed by atoms with van der Waals surface area (Å²) in [6.07, 6.45) is 0.0245. The highest BCUT2D eigenvalue weighted by Crippen LogP contribution is 2.32. The number of aliphatic carboxylic acids is 1. The molecule has 2 rings (SSSR count). The number of anilines is 2. The molecule has 0 amide bonds. The Morgan fingerprint density at radius 2 is 1.68 bits per heavy atom. The molecule has 0 spiro atoms. The molecule has 22 heavy (non-hydrogen) atoms. The van der Waals surface area contributed by atoms with Gasteiger partial charge in [-0.3, -0.25) is 4.79 Å². The number of aryl methyl sites for hydroxylation is 1. The summed E-state index contributed by atoms with van der Waals surface area (Å²) in [6, 6.07) is 9.21. The van der Waals surface area contributed by atoms with Crippen molar-refractivity contribution in [3.8, 4) is 5.75 Å². The molecule has 118 valence electrons. The van der Waals surface area contributed by atoms with E-state index in [1.807, 2.05) is 39.0 Å². The molecule has 0 bridgehead atoms. The number of carbonyl (C=O) groups is 1. The number of carboxylic acids is 1. The Hall–Kier alpha value is -2.20. The Labute approximate surface area is 136 Å². The number of phenols is 1. The first-order chi connectivity index (χ1) is 9.88. The van der Waals surface area contributed by atoms with Crippen LogP contribution in [-0.4, -0.2) is 16.2 Å². The first-order valence-corrected chi connectivity index (χ1v) is 6.76. The first kappa shape index (κ1) is 17.9. The molecular formula is C17H20ClNO3. The summed E-state index contributed by atoms with van der Waals surface area (Å²) in [6.45, 7) is 5.71. The summed E-state index contributed by atoms with van der Waals surface area (Å²) in [4.78, 5) is 10.7. The van der Waals surface area contributed by atoms with Gasteiger partial charge in [0.2, 0.25) is 0 Å². The highest BCUT2D eigenvalue weighted by Gasteiger charge is 2.09. The van der Waals surface area contributed by atoms with Crippen LogP contribution in [0, 0.1) is 20.8 Å². The van der Waals surface area contributed by atoms with E-state index in [4.69, 9.17) is 5.11 Å². The van der Waals surface area contributed by atoms with Gasteiger partial charge in [0.15, 0.2) is 0 Å². The Bertz CT molecular complexity index is 681. The van der Waals surface area contributed by atoms with Gasteiger partial charge in [-0.05, 0) is 61.2 Å². The Balaban J connectivity index is 0.00000242. The monoisotopic (exact) mass is 321 g/mol. The van der Waals surface area contributed by atoms with Crippen molar-refractivity contribution in [2.45, 2.75) is 27.2 Å². The number of carboxylic acid groups (broad SMARTS) is 1. The summed E-state index contributed by atoms with van der Waals surface area (Å²) < 4.78 is 0. The van der Waals surface area contributed by atoms with Crippen LogP contribution < -0.4 is 5.32 Å². The molecule has 0 aliphatic rings. The van der Waals surface area contributed by atoms with Gasteiger partial charge in [-0.1, -0.05) is 12.1 Å². The lowest BCUT2D eigenvalue weighted by Gasteiger charge is -2.15. The predicted molar refractivity (Wildman–Crippen MR) is 90.6 cm³/mol. The minimum absolute atomic E-state index is 0. The van der Waals surface area contributed by atoms with Crippen molar-refractivity contribution in [3.63, 3.8) is 0 Å². The van der Waals surface area contributed by atoms with Crippen LogP contribution >= 0.6 is 12.4 Å². The van der Waals surface area contributed by atoms with Crippen LogP contribution in [0.5, 0.6) is 5.75 Å². The smallest absolute Gasteiger partial charge is 0.307 e. The van der Waals surface area contributed by atoms with Crippen LogP contribution in [-0.2, 0) is 11.2 Å². The average molecular weight is 322 g/mol. The molecule has 0 fully saturated rings. The second-order valence-electron chi connectivity index (χ2n) is 5.23. The second kappa shape index (κ2) is 7.18. The maximum absolute atomic E-state index is 10.7. The summed E-state index contributed by atoms with van der Waals surface area (Å²) in [5.74, 6) is -0.508. The van der Waals surface area contributed by atoms with Gasteiger partial charge in [-0.25, -0.2) is 0 Å². The zero-order chi connectivity index (χ0) is 15.6. The molecule has 0 radical (unpaired) electrons. The molecule has 0 saturated heterocycles. The molecule has 0 aliphatic heterocycles. The van der Waals surface area contributed by atoms with Crippen LogP contribution in [0.1, 0.15) is 22.3 Å². The summed E-state index contributed by atoms with van der Waals surface area (Å²) in [5.41, 5.74) is 5.27. The normalized spacial score (nSPS) is 9.95. The fraction of sp³-hybridized carbons (Fsp3) is 0.235. The lowest BCUT2D eigenvalue weighted by Crippen LogP contribution is -2.00. The Morgan fingerprint density at radius 3 is 2.23 bits per heavy atom. The van der Waals surface area contributed by atoms with E-state index >= 15 is 0 Å². The highest BCUT2D eigenvalue weighted by atomic mass is 35.5. The molecule has 0 unspecified atom stereocenters. The number of hydrogen-bond acceptors (Lipinski definition) is 3. The molecule has 4 nitrogen and oxygen atoms in total. The Kier molecular flexibility index (Phi) is 5.83. The first-order valence-electron chi connectivity index (χ1n) is 6.76. The van der Waals surface area contributed by atoms with Gasteiger partial charge in [0.1, 0.15) is 5.75 Å². The van der Waals surface area contributed by atoms with Crippen LogP contribution in [0.2, 0.25) is 0 Å². The van der Waals surface area contributed by atoms with Gasteiger partial charge < -0.3 is 15.5 Å². The van der Waals surface area contributed by atoms with Crippen molar-refractivity contribution in [1.29, 1.82) is 0 Å². The molecule has 0 atom stereocenters. The van der Waals surface area contributed by atoms with E-state index in [0.717, 1.165) is 33.6 Å². The standard InChI is InChI=1S/C17H19NO3.ClH/c1-10-8-15(11(2)12(3)17(10)21)18-14-6-4-13(5-7-14)9-16(19)20;/h4-8,18,21H,9H2,1-3H3,(H,19,20);1H. The average Bonchev–Trinajstić information content (AvgIpc) is 2.44. The van der Waals surface area contributed by atoms with Crippen LogP contribution in [0.3, 0.4) is 0 Å². The van der Waals surface area contributed by atoms with E-state index in [-0.39, 0.29) is 18.8 Å². The minimum Gasteiger partial charge on any atom is -0.507 e. The lowest BCUT2D eigenvalue weighted by atomic mass is 10.0. The minimum atomic E-state index is -0.837. The van der Waals surface area contributed by atoms with E-state index in [1.54, 1.807) is 12.1 Å². The number of phenolic OH excluding ortho intramolecular Hbond substituents is 1. The number of aromatic hydroxyl groups is 1. The Morgan fingerprint density at radius 1 is 1.09 bits per heavy atom. The van der Waals surface area contributed by atoms with E-state index in [2.05, 4.69) is 5.32 Å². The summed E-state index contributed by atoms with van der Waals surface area (Å²) in [5, 5.41) is 22.0. The van der Waals surface area contributed by atoms with Crippen molar-refractivity contribution in [1.82, 2.24) is 0 Å². The van der Waals surface area contributed by atoms with E-state index in [9.17, 15) is 9.90 Å². The maximum Gasteiger partial charge on any atom is 0.307 e. The van der Waals surface area contributed by atoms with Gasteiger partial charge in [-0.2, -0.15) is 0 Å². The second-order valence-corrected chi connectivity index (χ2v) is 5.23. The molecular weight excluding hydrogens is 302 g/mol. The molecule has 0 aliphatic carbocycles. The molecule has 0 saturated carbocycles. The molecule has 5 heteroatoms. The fourth-order valence-corrected chi connectivity index (χ4v) is 2.23. The van der Waals surface area contributed by atoms with E-state index < -0.39 is 5.97 Å². The predicted octanol–water partition coefficient (Wildman–Crippen LogP) is 4.11. The zero-order valence-electron chi connectivity index (χ0n) is 12.8. The fourth-order valence-electron chi connectivity index (χ4n) is 2.23. The largest absolute Gasteiger partial charge is 0.507 e. The quantitative estimate of drug-likeness (QED) is 0.741. The topological polar surface area (TPSA) is 69.6 Å². The number of halogens is 1. The maximum atomic E-state index is 10.7. The van der Waals surface area contributed by atoms with Crippen molar-refractivity contribution < 1.29 is 15.0 Å². The van der Waals surface area contributed by atoms with Gasteiger partial charge >= 0.3 is 5.97 Å². The summed E-state index contributed by atoms with van der Waals surface area (Å²) >= 11 is 0. The van der Waals surface area contributed by atoms with E-state index in [1.165, 1.54) is 0 Å². The van der Waals surface area contributed by atoms with Crippen molar-refractivity contribution in [2.24, 2.45) is 0 Å². The molecule has 2 aromatic rings. The molecule has 3 N–H and O–H groups in total. The van der Waals surface area contributed by atoms with Gasteiger partial charge in [-0.15, -0.1) is 12.4 Å². The van der Waals surface area contributed by atoms with Gasteiger partial charge in [0.25, 0.3) is 0 Å². The highest BCUT2D eigenvalue weighted by molar-refractivity contribution is 5.85. The van der Waals surface area contributed by atoms with Crippen molar-refractivity contribution >= 4 is 29.8 Å². The number of nitrogens with one attached hydrogen (secondary N) is 1. The third kappa shape index (κ3) is 3.92. The van der Waals surface area contributed by atoms with Gasteiger partial charge in [0, 0.05) is 11.4 Å². The number of benzene rings is 2. The number of hydrogen-bond donors (Lipinski definition) is 3. The van der Waals surface area contributed by atoms with Crippen molar-refractivity contribution in [2.75, 3.05) is 5.32 Å². The number of rotatable bonds is 4. The SMILES string of the molecule is Cc1cc(Nc2ccc(CC(=O)O)cc2)c(C)c(C)c1O.Cl. The van der Waals surface area contributed by atoms with Crippen LogP contribution in [0.15, 0.2) is 30.3 Å². The molecule has 0 aromatic heterocycles. The van der Waals surface area contributed by atoms with Crippen LogP contribution in [0.4, 0.5) is 11.4 Å². The van der Waals surface area contributed by atoms with Crippen LogP contribution in [0.25, 0.3) is 0 Å². The third-order valence-electron chi connectivity index (χ3n) is 3.64. The zero-order valence-corrected chi connectivity index (χ0v) is 13.6. The van der Waals surface area contributed by atoms with Gasteiger partial charge in [0.05, 0.1) is 6.42 Å².